The van der Waals surface area contributed by atoms with Crippen molar-refractivity contribution in [1.82, 2.24) is 4.90 Å². The highest BCUT2D eigenvalue weighted by Gasteiger charge is 2.31. The average molecular weight is 286 g/mol. The number of hydrogen-bond acceptors (Lipinski definition) is 3. The molecule has 1 heterocycles. The van der Waals surface area contributed by atoms with Crippen LogP contribution in [0.15, 0.2) is 18.2 Å². The van der Waals surface area contributed by atoms with Gasteiger partial charge in [-0.1, -0.05) is 17.9 Å². The number of hydrogen-bond donors (Lipinski definition) is 1. The molecule has 1 saturated heterocycles. The summed E-state index contributed by atoms with van der Waals surface area (Å²) in [6.45, 7) is 4.96. The van der Waals surface area contributed by atoms with Crippen molar-refractivity contribution in [3.8, 4) is 11.8 Å². The average Bonchev–Trinajstić information content (AvgIpc) is 2.91. The Morgan fingerprint density at radius 2 is 2.29 bits per heavy atom. The van der Waals surface area contributed by atoms with Crippen LogP contribution >= 0.6 is 0 Å². The molecule has 1 aliphatic rings. The monoisotopic (exact) mass is 286 g/mol. The van der Waals surface area contributed by atoms with Crippen LogP contribution in [0, 0.1) is 18.8 Å². The number of amides is 1. The van der Waals surface area contributed by atoms with Gasteiger partial charge in [-0.3, -0.25) is 4.79 Å². The molecule has 1 amide bonds. The van der Waals surface area contributed by atoms with Crippen LogP contribution in [0.5, 0.6) is 0 Å². The maximum Gasteiger partial charge on any atom is 0.254 e. The summed E-state index contributed by atoms with van der Waals surface area (Å²) >= 11 is 0. The van der Waals surface area contributed by atoms with Crippen LogP contribution in [0.2, 0.25) is 0 Å². The summed E-state index contributed by atoms with van der Waals surface area (Å²) in [5, 5.41) is 0. The van der Waals surface area contributed by atoms with Crippen molar-refractivity contribution in [2.24, 2.45) is 5.73 Å². The number of benzene rings is 1. The Hall–Kier alpha value is -1.83. The van der Waals surface area contributed by atoms with Gasteiger partial charge < -0.3 is 15.4 Å². The molecule has 0 radical (unpaired) electrons. The molecule has 0 spiro atoms. The number of nitrogens with zero attached hydrogens (tertiary/aromatic N) is 1. The first-order valence-corrected chi connectivity index (χ1v) is 7.23. The lowest BCUT2D eigenvalue weighted by Gasteiger charge is -2.27. The molecular formula is C17H22N2O2. The van der Waals surface area contributed by atoms with E-state index >= 15 is 0 Å². The smallest absolute Gasteiger partial charge is 0.254 e. The quantitative estimate of drug-likeness (QED) is 0.839. The van der Waals surface area contributed by atoms with Crippen molar-refractivity contribution in [2.45, 2.75) is 32.4 Å². The van der Waals surface area contributed by atoms with Gasteiger partial charge >= 0.3 is 0 Å². The highest BCUT2D eigenvalue weighted by Crippen LogP contribution is 2.22. The third kappa shape index (κ3) is 3.26. The molecule has 1 fully saturated rings. The standard InChI is InChI=1S/C17H22N2O2/c1-12-14(7-5-10-18)6-4-8-15(12)17(20)19(3)16-9-11-21-13(16)2/h4,6,8,13,16H,9-11,18H2,1-3H3. The first kappa shape index (κ1) is 15.6. The van der Waals surface area contributed by atoms with E-state index in [1.165, 1.54) is 0 Å². The minimum Gasteiger partial charge on any atom is -0.376 e. The Balaban J connectivity index is 2.27. The molecule has 1 aromatic rings. The summed E-state index contributed by atoms with van der Waals surface area (Å²) in [6, 6.07) is 5.76. The molecule has 21 heavy (non-hydrogen) atoms. The van der Waals surface area contributed by atoms with Gasteiger partial charge in [0.05, 0.1) is 18.7 Å². The molecule has 2 rings (SSSR count). The fraction of sp³-hybridized carbons (Fsp3) is 0.471. The minimum atomic E-state index is 0.0197. The summed E-state index contributed by atoms with van der Waals surface area (Å²) in [5.41, 5.74) is 7.86. The Morgan fingerprint density at radius 1 is 1.52 bits per heavy atom. The summed E-state index contributed by atoms with van der Waals surface area (Å²) in [6.07, 6.45) is 0.967. The number of rotatable bonds is 2. The van der Waals surface area contributed by atoms with Gasteiger partial charge in [0.15, 0.2) is 0 Å². The van der Waals surface area contributed by atoms with E-state index < -0.39 is 0 Å². The van der Waals surface area contributed by atoms with Crippen LogP contribution in [0.25, 0.3) is 0 Å². The lowest BCUT2D eigenvalue weighted by atomic mass is 10.0. The van der Waals surface area contributed by atoms with E-state index in [4.69, 9.17) is 10.5 Å². The zero-order chi connectivity index (χ0) is 15.4. The maximum atomic E-state index is 12.7. The second-order valence-corrected chi connectivity index (χ2v) is 5.33. The Morgan fingerprint density at radius 3 is 2.90 bits per heavy atom. The van der Waals surface area contributed by atoms with E-state index in [2.05, 4.69) is 11.8 Å². The molecule has 2 N–H and O–H groups in total. The van der Waals surface area contributed by atoms with Gasteiger partial charge in [-0.15, -0.1) is 0 Å². The minimum absolute atomic E-state index is 0.0197. The topological polar surface area (TPSA) is 55.6 Å². The highest BCUT2D eigenvalue weighted by atomic mass is 16.5. The van der Waals surface area contributed by atoms with Crippen LogP contribution in [0.1, 0.15) is 34.8 Å². The molecule has 2 unspecified atom stereocenters. The van der Waals surface area contributed by atoms with E-state index in [1.807, 2.05) is 39.1 Å². The molecule has 112 valence electrons. The van der Waals surface area contributed by atoms with E-state index in [0.29, 0.717) is 18.7 Å². The predicted octanol–water partition coefficient (Wildman–Crippen LogP) is 1.55. The second-order valence-electron chi connectivity index (χ2n) is 5.33. The van der Waals surface area contributed by atoms with E-state index in [0.717, 1.165) is 17.5 Å². The maximum absolute atomic E-state index is 12.7. The molecule has 0 bridgehead atoms. The Kier molecular flexibility index (Phi) is 5.00. The normalized spacial score (nSPS) is 20.8. The SMILES string of the molecule is Cc1c(C#CCN)cccc1C(=O)N(C)C1CCOC1C. The largest absolute Gasteiger partial charge is 0.376 e. The first-order valence-electron chi connectivity index (χ1n) is 7.23. The number of carbonyl (C=O) groups is 1. The molecule has 0 saturated carbocycles. The predicted molar refractivity (Wildman–Crippen MR) is 83.0 cm³/mol. The number of carbonyl (C=O) groups excluding carboxylic acids is 1. The molecular weight excluding hydrogens is 264 g/mol. The zero-order valence-corrected chi connectivity index (χ0v) is 12.8. The lowest BCUT2D eigenvalue weighted by Crippen LogP contribution is -2.41. The molecule has 4 nitrogen and oxygen atoms in total. The number of likely N-dealkylation sites (N-methyl/N-ethyl adjacent to an activating group) is 1. The van der Waals surface area contributed by atoms with Crippen LogP contribution < -0.4 is 5.73 Å². The second kappa shape index (κ2) is 6.75. The van der Waals surface area contributed by atoms with Crippen molar-refractivity contribution >= 4 is 5.91 Å². The zero-order valence-electron chi connectivity index (χ0n) is 12.8. The molecule has 0 aromatic heterocycles. The van der Waals surface area contributed by atoms with Gasteiger partial charge in [-0.25, -0.2) is 0 Å². The fourth-order valence-electron chi connectivity index (χ4n) is 2.72. The molecule has 1 aromatic carbocycles. The summed E-state index contributed by atoms with van der Waals surface area (Å²) in [4.78, 5) is 14.5. The van der Waals surface area contributed by atoms with Gasteiger partial charge in [0, 0.05) is 24.8 Å². The summed E-state index contributed by atoms with van der Waals surface area (Å²) < 4.78 is 5.55. The van der Waals surface area contributed by atoms with E-state index in [1.54, 1.807) is 4.90 Å². The van der Waals surface area contributed by atoms with Gasteiger partial charge in [-0.2, -0.15) is 0 Å². The van der Waals surface area contributed by atoms with E-state index in [9.17, 15) is 4.79 Å². The lowest BCUT2D eigenvalue weighted by molar-refractivity contribution is 0.0574. The van der Waals surface area contributed by atoms with Gasteiger partial charge in [0.1, 0.15) is 0 Å². The first-order chi connectivity index (χ1) is 10.1. The van der Waals surface area contributed by atoms with Crippen molar-refractivity contribution in [2.75, 3.05) is 20.2 Å². The molecule has 0 aliphatic carbocycles. The van der Waals surface area contributed by atoms with Crippen molar-refractivity contribution in [1.29, 1.82) is 0 Å². The molecule has 2 atom stereocenters. The third-order valence-corrected chi connectivity index (χ3v) is 4.04. The van der Waals surface area contributed by atoms with Crippen molar-refractivity contribution in [3.63, 3.8) is 0 Å². The Labute approximate surface area is 126 Å². The summed E-state index contributed by atoms with van der Waals surface area (Å²) in [7, 11) is 1.84. The van der Waals surface area contributed by atoms with E-state index in [-0.39, 0.29) is 18.1 Å². The van der Waals surface area contributed by atoms with Crippen LogP contribution in [-0.2, 0) is 4.74 Å². The molecule has 4 heteroatoms. The summed E-state index contributed by atoms with van der Waals surface area (Å²) in [5.74, 6) is 5.87. The Bertz CT molecular complexity index is 586. The van der Waals surface area contributed by atoms with Crippen LogP contribution in [0.3, 0.4) is 0 Å². The molecule has 1 aliphatic heterocycles. The van der Waals surface area contributed by atoms with Gasteiger partial charge in [0.2, 0.25) is 0 Å². The highest BCUT2D eigenvalue weighted by molar-refractivity contribution is 5.96. The fourth-order valence-corrected chi connectivity index (χ4v) is 2.72. The third-order valence-electron chi connectivity index (χ3n) is 4.04. The van der Waals surface area contributed by atoms with Crippen LogP contribution in [-0.4, -0.2) is 43.2 Å². The number of nitrogens with two attached hydrogens (primary N) is 1. The van der Waals surface area contributed by atoms with Crippen molar-refractivity contribution < 1.29 is 9.53 Å². The van der Waals surface area contributed by atoms with Gasteiger partial charge in [0.25, 0.3) is 5.91 Å². The van der Waals surface area contributed by atoms with Gasteiger partial charge in [-0.05, 0) is 38.0 Å². The van der Waals surface area contributed by atoms with Crippen LogP contribution in [0.4, 0.5) is 0 Å². The number of ether oxygens (including phenoxy) is 1. The van der Waals surface area contributed by atoms with Crippen molar-refractivity contribution in [3.05, 3.63) is 34.9 Å².